The molecule has 1 aliphatic heterocycles. The quantitative estimate of drug-likeness (QED) is 0.645. The number of aliphatic hydroxyl groups is 1. The molecule has 0 aliphatic carbocycles. The molecule has 10 heteroatoms. The van der Waals surface area contributed by atoms with Gasteiger partial charge in [0.25, 0.3) is 0 Å². The minimum atomic E-state index is -1.27. The Morgan fingerprint density at radius 3 is 2.81 bits per heavy atom. The number of imidazole rings is 1. The maximum Gasteiger partial charge on any atom is 0.333 e. The smallest absolute Gasteiger partial charge is 0.333 e. The third-order valence-electron chi connectivity index (χ3n) is 5.22. The lowest BCUT2D eigenvalue weighted by molar-refractivity contribution is 0.0688. The number of hydrogen-bond donors (Lipinski definition) is 2. The molecule has 1 aromatic carbocycles. The van der Waals surface area contributed by atoms with Gasteiger partial charge in [-0.05, 0) is 45.7 Å². The lowest BCUT2D eigenvalue weighted by Gasteiger charge is -2.24. The van der Waals surface area contributed by atoms with Crippen LogP contribution in [-0.4, -0.2) is 43.9 Å². The number of primary amides is 1. The van der Waals surface area contributed by atoms with E-state index in [4.69, 9.17) is 15.5 Å². The summed E-state index contributed by atoms with van der Waals surface area (Å²) >= 11 is 0. The molecule has 0 bridgehead atoms. The molecule has 1 saturated heterocycles. The molecule has 0 radical (unpaired) electrons. The number of aromatic nitrogens is 4. The largest absolute Gasteiger partial charge is 0.382 e. The van der Waals surface area contributed by atoms with Gasteiger partial charge in [-0.2, -0.15) is 0 Å². The van der Waals surface area contributed by atoms with Crippen molar-refractivity contribution < 1.29 is 19.0 Å². The van der Waals surface area contributed by atoms with Crippen LogP contribution in [0.15, 0.2) is 24.4 Å². The van der Waals surface area contributed by atoms with Gasteiger partial charge in [-0.3, -0.25) is 0 Å². The predicted octanol–water partition coefficient (Wildman–Crippen LogP) is 2.75. The zero-order valence-electron chi connectivity index (χ0n) is 17.7. The van der Waals surface area contributed by atoms with Crippen molar-refractivity contribution in [1.29, 1.82) is 0 Å². The molecule has 4 rings (SSSR count). The molecule has 0 saturated carbocycles. The fourth-order valence-corrected chi connectivity index (χ4v) is 3.79. The first-order valence-electron chi connectivity index (χ1n) is 10.2. The van der Waals surface area contributed by atoms with Gasteiger partial charge in [-0.1, -0.05) is 0 Å². The van der Waals surface area contributed by atoms with E-state index in [1.54, 1.807) is 26.8 Å². The Labute approximate surface area is 178 Å². The molecule has 0 unspecified atom stereocenters. The number of hydrogen-bond acceptors (Lipinski definition) is 6. The summed E-state index contributed by atoms with van der Waals surface area (Å²) in [6.07, 6.45) is 2.76. The van der Waals surface area contributed by atoms with Crippen molar-refractivity contribution in [2.45, 2.75) is 45.3 Å². The average Bonchev–Trinajstić information content (AvgIpc) is 3.36. The highest BCUT2D eigenvalue weighted by Crippen LogP contribution is 2.35. The minimum absolute atomic E-state index is 0.202. The van der Waals surface area contributed by atoms with Gasteiger partial charge in [-0.15, -0.1) is 0 Å². The van der Waals surface area contributed by atoms with E-state index >= 15 is 0 Å². The summed E-state index contributed by atoms with van der Waals surface area (Å²) in [5.41, 5.74) is 5.99. The molecule has 164 valence electrons. The Bertz CT molecular complexity index is 1130. The molecule has 1 aliphatic rings. The van der Waals surface area contributed by atoms with Crippen LogP contribution in [-0.2, 0) is 10.3 Å². The zero-order chi connectivity index (χ0) is 22.3. The van der Waals surface area contributed by atoms with Crippen molar-refractivity contribution in [1.82, 2.24) is 19.6 Å². The zero-order valence-corrected chi connectivity index (χ0v) is 17.7. The number of halogens is 1. The summed E-state index contributed by atoms with van der Waals surface area (Å²) < 4.78 is 22.1. The van der Waals surface area contributed by atoms with Crippen molar-refractivity contribution in [3.8, 4) is 11.3 Å². The molecule has 3 aromatic rings. The van der Waals surface area contributed by atoms with Crippen molar-refractivity contribution in [3.05, 3.63) is 41.9 Å². The Morgan fingerprint density at radius 2 is 2.19 bits per heavy atom. The molecule has 3 heterocycles. The number of urea groups is 1. The molecule has 1 fully saturated rings. The van der Waals surface area contributed by atoms with Gasteiger partial charge in [0.1, 0.15) is 23.0 Å². The van der Waals surface area contributed by atoms with Crippen molar-refractivity contribution >= 4 is 17.1 Å². The first-order valence-corrected chi connectivity index (χ1v) is 10.2. The average molecular weight is 428 g/mol. The van der Waals surface area contributed by atoms with Gasteiger partial charge in [0.2, 0.25) is 0 Å². The van der Waals surface area contributed by atoms with Crippen LogP contribution in [0.25, 0.3) is 22.3 Å². The summed E-state index contributed by atoms with van der Waals surface area (Å²) in [5, 5.41) is 11.6. The monoisotopic (exact) mass is 428 g/mol. The SMILES string of the molecule is CCN(C(N)=O)n1c([C@H]2CCCO2)nc2c(-c3ccnc(C(C)(C)O)n3)cc(F)cc21. The van der Waals surface area contributed by atoms with Crippen LogP contribution >= 0.6 is 0 Å². The van der Waals surface area contributed by atoms with Crippen LogP contribution in [0, 0.1) is 5.82 Å². The second-order valence-corrected chi connectivity index (χ2v) is 7.98. The van der Waals surface area contributed by atoms with Gasteiger partial charge >= 0.3 is 6.03 Å². The van der Waals surface area contributed by atoms with Crippen LogP contribution in [0.4, 0.5) is 9.18 Å². The first kappa shape index (κ1) is 21.1. The Hall–Kier alpha value is -3.11. The number of carbonyl (C=O) groups excluding carboxylic acids is 1. The number of carbonyl (C=O) groups is 1. The van der Waals surface area contributed by atoms with Crippen LogP contribution in [0.1, 0.15) is 51.4 Å². The Morgan fingerprint density at radius 1 is 1.42 bits per heavy atom. The topological polar surface area (TPSA) is 119 Å². The van der Waals surface area contributed by atoms with E-state index in [9.17, 15) is 14.3 Å². The maximum absolute atomic E-state index is 14.8. The van der Waals surface area contributed by atoms with Gasteiger partial charge in [0.15, 0.2) is 11.6 Å². The van der Waals surface area contributed by atoms with Crippen molar-refractivity contribution in [3.63, 3.8) is 0 Å². The van der Waals surface area contributed by atoms with Gasteiger partial charge in [0.05, 0.1) is 11.2 Å². The molecule has 2 aromatic heterocycles. The van der Waals surface area contributed by atoms with Gasteiger partial charge in [0, 0.05) is 31.0 Å². The van der Waals surface area contributed by atoms with Crippen LogP contribution < -0.4 is 10.7 Å². The lowest BCUT2D eigenvalue weighted by Crippen LogP contribution is -2.45. The summed E-state index contributed by atoms with van der Waals surface area (Å²) in [5.74, 6) is 0.164. The highest BCUT2D eigenvalue weighted by Gasteiger charge is 2.30. The van der Waals surface area contributed by atoms with Gasteiger partial charge in [-0.25, -0.2) is 33.8 Å². The molecule has 3 N–H and O–H groups in total. The number of benzene rings is 1. The number of ether oxygens (including phenoxy) is 1. The second kappa shape index (κ2) is 7.86. The maximum atomic E-state index is 14.8. The van der Waals surface area contributed by atoms with Gasteiger partial charge < -0.3 is 15.6 Å². The lowest BCUT2D eigenvalue weighted by atomic mass is 10.1. The van der Waals surface area contributed by atoms with Crippen molar-refractivity contribution in [2.75, 3.05) is 18.2 Å². The normalized spacial score (nSPS) is 16.7. The molecule has 9 nitrogen and oxygen atoms in total. The predicted molar refractivity (Wildman–Crippen MR) is 112 cm³/mol. The third-order valence-corrected chi connectivity index (χ3v) is 5.22. The van der Waals surface area contributed by atoms with E-state index in [1.807, 2.05) is 0 Å². The molecule has 31 heavy (non-hydrogen) atoms. The first-order chi connectivity index (χ1) is 14.7. The molecular weight excluding hydrogens is 403 g/mol. The fourth-order valence-electron chi connectivity index (χ4n) is 3.79. The molecule has 0 spiro atoms. The molecular formula is C21H25FN6O3. The number of rotatable bonds is 5. The Balaban J connectivity index is 2.00. The number of nitrogens with zero attached hydrogens (tertiary/aromatic N) is 5. The van der Waals surface area contributed by atoms with Crippen molar-refractivity contribution in [2.24, 2.45) is 5.73 Å². The summed E-state index contributed by atoms with van der Waals surface area (Å²) in [6.45, 7) is 5.77. The van der Waals surface area contributed by atoms with Crippen LogP contribution in [0.5, 0.6) is 0 Å². The fraction of sp³-hybridized carbons (Fsp3) is 0.429. The molecule has 2 amide bonds. The van der Waals surface area contributed by atoms with E-state index in [2.05, 4.69) is 9.97 Å². The minimum Gasteiger partial charge on any atom is -0.382 e. The second-order valence-electron chi connectivity index (χ2n) is 7.98. The highest BCUT2D eigenvalue weighted by molar-refractivity contribution is 5.94. The Kier molecular flexibility index (Phi) is 5.36. The number of fused-ring (bicyclic) bond motifs is 1. The molecule has 1 atom stereocenters. The van der Waals surface area contributed by atoms with E-state index in [-0.39, 0.29) is 18.5 Å². The summed E-state index contributed by atoms with van der Waals surface area (Å²) in [7, 11) is 0. The van der Waals surface area contributed by atoms with Crippen LogP contribution in [0.3, 0.4) is 0 Å². The highest BCUT2D eigenvalue weighted by atomic mass is 19.1. The van der Waals surface area contributed by atoms with E-state index in [0.29, 0.717) is 34.7 Å². The number of amides is 2. The summed E-state index contributed by atoms with van der Waals surface area (Å²) in [4.78, 5) is 25.5. The standard InChI is InChI=1S/C21H25FN6O3/c1-4-27(20(23)29)28-15-11-12(22)10-13(14-7-8-24-19(25-14)21(2,3)30)17(15)26-18(28)16-6-5-9-31-16/h7-8,10-11,16,30H,4-6,9H2,1-3H3,(H2,23,29)/t16-/m1/s1. The van der Waals surface area contributed by atoms with Crippen LogP contribution in [0.2, 0.25) is 0 Å². The van der Waals surface area contributed by atoms with E-state index in [1.165, 1.54) is 28.0 Å². The van der Waals surface area contributed by atoms with E-state index in [0.717, 1.165) is 12.8 Å². The third kappa shape index (κ3) is 3.84. The van der Waals surface area contributed by atoms with E-state index < -0.39 is 17.4 Å². The summed E-state index contributed by atoms with van der Waals surface area (Å²) in [6, 6.07) is 3.59. The number of nitrogens with two attached hydrogens (primary N) is 1.